The number of piperidine rings is 1. The van der Waals surface area contributed by atoms with Crippen LogP contribution < -0.4 is 5.32 Å². The van der Waals surface area contributed by atoms with Crippen LogP contribution in [0.2, 0.25) is 0 Å². The van der Waals surface area contributed by atoms with Crippen LogP contribution in [0.15, 0.2) is 83.9 Å². The molecule has 0 unspecified atom stereocenters. The average Bonchev–Trinajstić information content (AvgIpc) is 2.84. The Morgan fingerprint density at radius 1 is 0.800 bits per heavy atom. The molecule has 0 spiro atoms. The third-order valence-corrected chi connectivity index (χ3v) is 5.61. The molecule has 1 N–H and O–H groups in total. The molecule has 0 saturated carbocycles. The molecule has 4 nitrogen and oxygen atoms in total. The van der Waals surface area contributed by atoms with Crippen LogP contribution in [0.5, 0.6) is 0 Å². The van der Waals surface area contributed by atoms with Gasteiger partial charge < -0.3 is 5.32 Å². The summed E-state index contributed by atoms with van der Waals surface area (Å²) in [5.41, 5.74) is 1.85. The van der Waals surface area contributed by atoms with Gasteiger partial charge in [-0.05, 0) is 42.0 Å². The molecule has 0 radical (unpaired) electrons. The van der Waals surface area contributed by atoms with Gasteiger partial charge in [0.05, 0.1) is 6.54 Å². The molecule has 1 aliphatic rings. The average molecular weight is 476 g/mol. The Labute approximate surface area is 201 Å². The summed E-state index contributed by atoms with van der Waals surface area (Å²) in [5.74, 6) is -1.91. The molecule has 1 heterocycles. The molecule has 178 valence electrons. The number of carbonyl (C=O) groups excluding carboxylic acids is 2. The van der Waals surface area contributed by atoms with Crippen LogP contribution in [0, 0.1) is 17.5 Å². The molecule has 0 atom stereocenters. The number of nitrogens with one attached hydrogen (secondary N) is 1. The highest BCUT2D eigenvalue weighted by Gasteiger charge is 2.27. The molecule has 0 aliphatic carbocycles. The zero-order valence-corrected chi connectivity index (χ0v) is 18.8. The first-order valence-corrected chi connectivity index (χ1v) is 11.1. The van der Waals surface area contributed by atoms with Crippen LogP contribution in [0.25, 0.3) is 12.2 Å². The summed E-state index contributed by atoms with van der Waals surface area (Å²) in [7, 11) is 0. The molecular weight excluding hydrogens is 453 g/mol. The molecule has 1 amide bonds. The van der Waals surface area contributed by atoms with Crippen LogP contribution in [0.3, 0.4) is 0 Å². The fraction of sp³-hybridized carbons (Fsp3) is 0.143. The van der Waals surface area contributed by atoms with Gasteiger partial charge >= 0.3 is 0 Å². The number of amides is 1. The van der Waals surface area contributed by atoms with E-state index in [0.29, 0.717) is 11.1 Å². The summed E-state index contributed by atoms with van der Waals surface area (Å²) in [6, 6.07) is 18.0. The van der Waals surface area contributed by atoms with Crippen molar-refractivity contribution in [3.05, 3.63) is 118 Å². The van der Waals surface area contributed by atoms with Gasteiger partial charge in [0, 0.05) is 41.9 Å². The van der Waals surface area contributed by atoms with E-state index in [4.69, 9.17) is 0 Å². The van der Waals surface area contributed by atoms with E-state index in [-0.39, 0.29) is 54.8 Å². The molecule has 0 bridgehead atoms. The number of benzene rings is 3. The summed E-state index contributed by atoms with van der Waals surface area (Å²) in [6.07, 6.45) is 2.94. The second-order valence-corrected chi connectivity index (χ2v) is 8.26. The van der Waals surface area contributed by atoms with Gasteiger partial charge in [-0.25, -0.2) is 13.2 Å². The number of nitrogens with zero attached hydrogens (tertiary/aromatic N) is 1. The van der Waals surface area contributed by atoms with E-state index >= 15 is 0 Å². The van der Waals surface area contributed by atoms with Crippen molar-refractivity contribution in [3.63, 3.8) is 0 Å². The number of likely N-dealkylation sites (tertiary alicyclic amines) is 1. The lowest BCUT2D eigenvalue weighted by molar-refractivity contribution is -0.123. The minimum atomic E-state index is -0.471. The largest absolute Gasteiger partial charge is 0.351 e. The van der Waals surface area contributed by atoms with Gasteiger partial charge in [-0.1, -0.05) is 48.5 Å². The van der Waals surface area contributed by atoms with Crippen LogP contribution in [-0.2, 0) is 16.1 Å². The summed E-state index contributed by atoms with van der Waals surface area (Å²) < 4.78 is 41.6. The summed E-state index contributed by atoms with van der Waals surface area (Å²) >= 11 is 0. The number of Topliss-reactive ketones (excluding diaryl/α,β-unsaturated/α-hetero) is 1. The number of rotatable bonds is 6. The molecule has 35 heavy (non-hydrogen) atoms. The van der Waals surface area contributed by atoms with Crippen molar-refractivity contribution in [1.82, 2.24) is 10.2 Å². The Balaban J connectivity index is 1.56. The fourth-order valence-electron chi connectivity index (χ4n) is 3.84. The fourth-order valence-corrected chi connectivity index (χ4v) is 3.84. The Morgan fingerprint density at radius 3 is 1.83 bits per heavy atom. The number of hydrogen-bond donors (Lipinski definition) is 1. The Kier molecular flexibility index (Phi) is 7.57. The van der Waals surface area contributed by atoms with Crippen molar-refractivity contribution in [2.45, 2.75) is 6.54 Å². The minimum Gasteiger partial charge on any atom is -0.351 e. The van der Waals surface area contributed by atoms with E-state index in [1.807, 2.05) is 0 Å². The van der Waals surface area contributed by atoms with Crippen molar-refractivity contribution in [2.24, 2.45) is 0 Å². The smallest absolute Gasteiger partial charge is 0.234 e. The van der Waals surface area contributed by atoms with Crippen molar-refractivity contribution in [1.29, 1.82) is 0 Å². The molecule has 7 heteroatoms. The Bertz CT molecular complexity index is 1230. The number of ketones is 1. The Morgan fingerprint density at radius 2 is 1.31 bits per heavy atom. The van der Waals surface area contributed by atoms with Crippen molar-refractivity contribution in [2.75, 3.05) is 19.6 Å². The van der Waals surface area contributed by atoms with E-state index in [2.05, 4.69) is 5.32 Å². The van der Waals surface area contributed by atoms with E-state index < -0.39 is 11.6 Å². The normalized spacial score (nSPS) is 16.6. The Hall–Kier alpha value is -3.97. The molecule has 4 rings (SSSR count). The molecule has 0 aromatic heterocycles. The first-order chi connectivity index (χ1) is 16.9. The second kappa shape index (κ2) is 11.0. The topological polar surface area (TPSA) is 49.4 Å². The highest BCUT2D eigenvalue weighted by atomic mass is 19.1. The van der Waals surface area contributed by atoms with Gasteiger partial charge in [0.2, 0.25) is 5.91 Å². The molecule has 1 saturated heterocycles. The van der Waals surface area contributed by atoms with Crippen LogP contribution in [0.1, 0.15) is 16.7 Å². The molecular formula is C28H23F3N2O2. The number of carbonyl (C=O) groups is 2. The molecule has 3 aromatic carbocycles. The summed E-state index contributed by atoms with van der Waals surface area (Å²) in [5, 5.41) is 2.78. The van der Waals surface area contributed by atoms with Crippen molar-refractivity contribution >= 4 is 23.8 Å². The standard InChI is InChI=1S/C28H23F3N2O2/c29-24-11-9-19(10-12-24)15-32-27(34)18-33-16-22(13-20-5-1-3-7-25(20)30)28(35)23(17-33)14-21-6-2-4-8-26(21)31/h1-14H,15-18H2,(H,32,34)/b22-13+,23-14+. The monoisotopic (exact) mass is 476 g/mol. The zero-order valence-electron chi connectivity index (χ0n) is 18.8. The quantitative estimate of drug-likeness (QED) is 0.522. The SMILES string of the molecule is O=C(CN1C/C(=C\c2ccccc2F)C(=O)/C(=C/c2ccccc2F)C1)NCc1ccc(F)cc1. The van der Waals surface area contributed by atoms with Gasteiger partial charge in [0.25, 0.3) is 0 Å². The van der Waals surface area contributed by atoms with E-state index in [0.717, 1.165) is 5.56 Å². The first-order valence-electron chi connectivity index (χ1n) is 11.1. The van der Waals surface area contributed by atoms with Gasteiger partial charge in [-0.3, -0.25) is 14.5 Å². The number of halogens is 3. The lowest BCUT2D eigenvalue weighted by Gasteiger charge is -2.29. The van der Waals surface area contributed by atoms with Gasteiger partial charge in [0.1, 0.15) is 17.5 Å². The first kappa shape index (κ1) is 24.2. The van der Waals surface area contributed by atoms with Crippen molar-refractivity contribution < 1.29 is 22.8 Å². The van der Waals surface area contributed by atoms with E-state index in [1.165, 1.54) is 36.4 Å². The maximum absolute atomic E-state index is 14.2. The zero-order chi connectivity index (χ0) is 24.8. The lowest BCUT2D eigenvalue weighted by Crippen LogP contribution is -2.43. The second-order valence-electron chi connectivity index (χ2n) is 8.26. The van der Waals surface area contributed by atoms with Crippen LogP contribution in [-0.4, -0.2) is 36.2 Å². The molecule has 3 aromatic rings. The van der Waals surface area contributed by atoms with Gasteiger partial charge in [-0.15, -0.1) is 0 Å². The maximum Gasteiger partial charge on any atom is 0.234 e. The predicted octanol–water partition coefficient (Wildman–Crippen LogP) is 4.77. The van der Waals surface area contributed by atoms with E-state index in [9.17, 15) is 22.8 Å². The third-order valence-electron chi connectivity index (χ3n) is 5.61. The minimum absolute atomic E-state index is 0.0301. The lowest BCUT2D eigenvalue weighted by atomic mass is 9.94. The van der Waals surface area contributed by atoms with Crippen LogP contribution in [0.4, 0.5) is 13.2 Å². The molecule has 1 fully saturated rings. The maximum atomic E-state index is 14.2. The van der Waals surface area contributed by atoms with Crippen molar-refractivity contribution in [3.8, 4) is 0 Å². The van der Waals surface area contributed by atoms with Gasteiger partial charge in [0.15, 0.2) is 5.78 Å². The van der Waals surface area contributed by atoms with E-state index in [1.54, 1.807) is 53.4 Å². The highest BCUT2D eigenvalue weighted by molar-refractivity contribution is 6.14. The van der Waals surface area contributed by atoms with Crippen LogP contribution >= 0.6 is 0 Å². The highest BCUT2D eigenvalue weighted by Crippen LogP contribution is 2.23. The summed E-state index contributed by atoms with van der Waals surface area (Å²) in [4.78, 5) is 27.5. The predicted molar refractivity (Wildman–Crippen MR) is 128 cm³/mol. The third kappa shape index (κ3) is 6.33. The molecule has 1 aliphatic heterocycles. The van der Waals surface area contributed by atoms with Gasteiger partial charge in [-0.2, -0.15) is 0 Å². The number of hydrogen-bond acceptors (Lipinski definition) is 3. The summed E-state index contributed by atoms with van der Waals surface area (Å²) in [6.45, 7) is 0.455.